The molecule has 0 aliphatic heterocycles. The molecule has 0 radical (unpaired) electrons. The van der Waals surface area contributed by atoms with E-state index in [1.54, 1.807) is 0 Å². The molecule has 2 atom stereocenters. The number of aliphatic hydroxyl groups is 1. The lowest BCUT2D eigenvalue weighted by atomic mass is 9.71. The number of hydrogen-bond acceptors (Lipinski definition) is 2. The molecule has 2 heteroatoms. The average molecular weight is 426 g/mol. The molecule has 3 N–H and O–H groups in total. The Morgan fingerprint density at radius 2 is 1.17 bits per heavy atom. The summed E-state index contributed by atoms with van der Waals surface area (Å²) in [5, 5.41) is 10.5. The summed E-state index contributed by atoms with van der Waals surface area (Å²) in [6.45, 7) is 7.56. The number of unbranched alkanes of at least 4 members (excludes halogenated alkanes) is 13. The molecule has 1 aliphatic rings. The zero-order valence-electron chi connectivity index (χ0n) is 21.4. The molecule has 0 spiro atoms. The van der Waals surface area contributed by atoms with E-state index in [0.29, 0.717) is 5.92 Å². The average Bonchev–Trinajstić information content (AvgIpc) is 2.74. The Bertz CT molecular complexity index is 313. The Balaban J connectivity index is 0.000000579. The van der Waals surface area contributed by atoms with Crippen molar-refractivity contribution >= 4 is 0 Å². The number of nitrogens with two attached hydrogens (primary N) is 1. The van der Waals surface area contributed by atoms with Crippen molar-refractivity contribution in [3.8, 4) is 0 Å². The van der Waals surface area contributed by atoms with Crippen LogP contribution in [0, 0.1) is 5.92 Å². The normalized spacial score (nSPS) is 21.3. The minimum Gasteiger partial charge on any atom is -0.390 e. The van der Waals surface area contributed by atoms with Gasteiger partial charge in [-0.05, 0) is 44.6 Å². The van der Waals surface area contributed by atoms with Gasteiger partial charge in [-0.3, -0.25) is 0 Å². The van der Waals surface area contributed by atoms with Gasteiger partial charge >= 0.3 is 0 Å². The third-order valence-electron chi connectivity index (χ3n) is 7.05. The van der Waals surface area contributed by atoms with Crippen LogP contribution in [0.25, 0.3) is 0 Å². The molecule has 2 unspecified atom stereocenters. The first-order chi connectivity index (χ1) is 14.6. The van der Waals surface area contributed by atoms with Gasteiger partial charge in [0.1, 0.15) is 0 Å². The van der Waals surface area contributed by atoms with E-state index in [1.807, 2.05) is 0 Å². The van der Waals surface area contributed by atoms with E-state index in [1.165, 1.54) is 122 Å². The zero-order chi connectivity index (χ0) is 22.3. The van der Waals surface area contributed by atoms with Crippen LogP contribution in [0.2, 0.25) is 0 Å². The van der Waals surface area contributed by atoms with Gasteiger partial charge in [0.2, 0.25) is 0 Å². The zero-order valence-corrected chi connectivity index (χ0v) is 21.4. The van der Waals surface area contributed by atoms with Crippen LogP contribution in [0.15, 0.2) is 0 Å². The topological polar surface area (TPSA) is 46.2 Å². The lowest BCUT2D eigenvalue weighted by molar-refractivity contribution is -0.0585. The summed E-state index contributed by atoms with van der Waals surface area (Å²) < 4.78 is 0. The highest BCUT2D eigenvalue weighted by Crippen LogP contribution is 2.39. The quantitative estimate of drug-likeness (QED) is 0.215. The smallest absolute Gasteiger partial charge is 0.0675 e. The summed E-state index contributed by atoms with van der Waals surface area (Å²) in [4.78, 5) is 0. The molecule has 0 aromatic carbocycles. The van der Waals surface area contributed by atoms with Crippen LogP contribution in [0.4, 0.5) is 0 Å². The second-order valence-corrected chi connectivity index (χ2v) is 9.97. The van der Waals surface area contributed by atoms with E-state index < -0.39 is 0 Å². The minimum absolute atomic E-state index is 0.303. The fraction of sp³-hybridized carbons (Fsp3) is 1.00. The van der Waals surface area contributed by atoms with Crippen molar-refractivity contribution in [2.24, 2.45) is 11.7 Å². The molecule has 182 valence electrons. The summed E-state index contributed by atoms with van der Waals surface area (Å²) >= 11 is 0. The predicted molar refractivity (Wildman–Crippen MR) is 136 cm³/mol. The highest BCUT2D eigenvalue weighted by molar-refractivity contribution is 4.89. The van der Waals surface area contributed by atoms with Crippen molar-refractivity contribution in [2.75, 3.05) is 6.54 Å². The molecule has 2 nitrogen and oxygen atoms in total. The van der Waals surface area contributed by atoms with Crippen molar-refractivity contribution in [1.29, 1.82) is 0 Å². The van der Waals surface area contributed by atoms with Gasteiger partial charge in [0.25, 0.3) is 0 Å². The van der Waals surface area contributed by atoms with E-state index in [2.05, 4.69) is 20.8 Å². The Kier molecular flexibility index (Phi) is 22.1. The third-order valence-corrected chi connectivity index (χ3v) is 7.05. The summed E-state index contributed by atoms with van der Waals surface area (Å²) in [6, 6.07) is 0. The molecule has 0 aromatic heterocycles. The van der Waals surface area contributed by atoms with Gasteiger partial charge in [0.05, 0.1) is 5.60 Å². The largest absolute Gasteiger partial charge is 0.390 e. The maximum atomic E-state index is 10.5. The lowest BCUT2D eigenvalue weighted by Crippen LogP contribution is -2.40. The van der Waals surface area contributed by atoms with E-state index in [0.717, 1.165) is 25.8 Å². The standard InChI is InChI=1S/C16H35N.C12H24O/c1-2-3-4-5-6-7-8-9-10-11-12-13-14-15-16-17;1-3-7-11-8-5-6-10-12(11,13)9-4-2/h2-17H2,1H3;11,13H,3-10H2,1-2H3. The molecule has 0 amide bonds. The Morgan fingerprint density at radius 1 is 0.667 bits per heavy atom. The van der Waals surface area contributed by atoms with Crippen LogP contribution in [0.1, 0.15) is 162 Å². The molecule has 0 aromatic rings. The van der Waals surface area contributed by atoms with Crippen LogP contribution in [0.3, 0.4) is 0 Å². The van der Waals surface area contributed by atoms with E-state index in [4.69, 9.17) is 5.73 Å². The molecule has 30 heavy (non-hydrogen) atoms. The highest BCUT2D eigenvalue weighted by atomic mass is 16.3. The summed E-state index contributed by atoms with van der Waals surface area (Å²) in [6.07, 6.45) is 29.3. The van der Waals surface area contributed by atoms with Crippen LogP contribution in [0.5, 0.6) is 0 Å². The van der Waals surface area contributed by atoms with Crippen LogP contribution in [-0.2, 0) is 0 Å². The first kappa shape index (κ1) is 29.9. The van der Waals surface area contributed by atoms with Crippen LogP contribution in [-0.4, -0.2) is 17.3 Å². The van der Waals surface area contributed by atoms with Gasteiger partial charge in [-0.25, -0.2) is 0 Å². The molecule has 1 aliphatic carbocycles. The molecular formula is C28H59NO. The number of rotatable bonds is 18. The van der Waals surface area contributed by atoms with Gasteiger partial charge in [0, 0.05) is 0 Å². The Labute approximate surface area is 191 Å². The maximum Gasteiger partial charge on any atom is 0.0675 e. The fourth-order valence-corrected chi connectivity index (χ4v) is 5.16. The van der Waals surface area contributed by atoms with Crippen molar-refractivity contribution in [3.63, 3.8) is 0 Å². The molecule has 1 fully saturated rings. The SMILES string of the molecule is CCCC1CCCCC1(O)CCC.CCCCCCCCCCCCCCCCN. The second-order valence-electron chi connectivity index (χ2n) is 9.97. The van der Waals surface area contributed by atoms with E-state index >= 15 is 0 Å². The lowest BCUT2D eigenvalue weighted by Gasteiger charge is -2.40. The number of hydrogen-bond donors (Lipinski definition) is 2. The van der Waals surface area contributed by atoms with Crippen molar-refractivity contribution < 1.29 is 5.11 Å². The molecule has 1 rings (SSSR count). The van der Waals surface area contributed by atoms with Crippen molar-refractivity contribution in [3.05, 3.63) is 0 Å². The van der Waals surface area contributed by atoms with E-state index in [-0.39, 0.29) is 5.60 Å². The maximum absolute atomic E-state index is 10.5. The third kappa shape index (κ3) is 16.6. The Morgan fingerprint density at radius 3 is 1.60 bits per heavy atom. The summed E-state index contributed by atoms with van der Waals surface area (Å²) in [5.74, 6) is 0.589. The molecular weight excluding hydrogens is 366 g/mol. The van der Waals surface area contributed by atoms with Gasteiger partial charge in [-0.1, -0.05) is 130 Å². The molecule has 0 saturated heterocycles. The summed E-state index contributed by atoms with van der Waals surface area (Å²) in [5.41, 5.74) is 5.17. The van der Waals surface area contributed by atoms with Gasteiger partial charge in [0.15, 0.2) is 0 Å². The van der Waals surface area contributed by atoms with Crippen molar-refractivity contribution in [2.45, 2.75) is 168 Å². The predicted octanol–water partition coefficient (Wildman–Crippen LogP) is 8.93. The summed E-state index contributed by atoms with van der Waals surface area (Å²) in [7, 11) is 0. The van der Waals surface area contributed by atoms with Gasteiger partial charge in [-0.2, -0.15) is 0 Å². The first-order valence-electron chi connectivity index (χ1n) is 14.1. The fourth-order valence-electron chi connectivity index (χ4n) is 5.16. The van der Waals surface area contributed by atoms with Crippen molar-refractivity contribution in [1.82, 2.24) is 0 Å². The molecule has 1 saturated carbocycles. The van der Waals surface area contributed by atoms with Gasteiger partial charge < -0.3 is 10.8 Å². The van der Waals surface area contributed by atoms with Gasteiger partial charge in [-0.15, -0.1) is 0 Å². The first-order valence-corrected chi connectivity index (χ1v) is 14.1. The van der Waals surface area contributed by atoms with Crippen LogP contribution < -0.4 is 5.73 Å². The molecule has 0 bridgehead atoms. The van der Waals surface area contributed by atoms with E-state index in [9.17, 15) is 5.11 Å². The minimum atomic E-state index is -0.303. The monoisotopic (exact) mass is 425 g/mol. The Hall–Kier alpha value is -0.0800. The van der Waals surface area contributed by atoms with Crippen LogP contribution >= 0.6 is 0 Å². The molecule has 0 heterocycles. The second kappa shape index (κ2) is 22.1. The highest BCUT2D eigenvalue weighted by Gasteiger charge is 2.36.